The van der Waals surface area contributed by atoms with E-state index < -0.39 is 0 Å². The second-order valence-electron chi connectivity index (χ2n) is 4.79. The lowest BCUT2D eigenvalue weighted by Crippen LogP contribution is -2.07. The van der Waals surface area contributed by atoms with Crippen molar-refractivity contribution < 1.29 is 14.3 Å². The van der Waals surface area contributed by atoms with Crippen molar-refractivity contribution in [3.05, 3.63) is 60.2 Å². The van der Waals surface area contributed by atoms with Gasteiger partial charge < -0.3 is 14.8 Å². The summed E-state index contributed by atoms with van der Waals surface area (Å²) in [6.07, 6.45) is 3.26. The summed E-state index contributed by atoms with van der Waals surface area (Å²) in [4.78, 5) is 12.0. The largest absolute Gasteiger partial charge is 0.494 e. The highest BCUT2D eigenvalue weighted by molar-refractivity contribution is 6.02. The summed E-state index contributed by atoms with van der Waals surface area (Å²) in [6.45, 7) is 5.09. The molecule has 0 aliphatic rings. The quantitative estimate of drug-likeness (QED) is 0.782. The number of amides is 1. The van der Waals surface area contributed by atoms with E-state index in [1.165, 1.54) is 6.08 Å². The molecule has 0 aromatic heterocycles. The highest BCUT2D eigenvalue weighted by Crippen LogP contribution is 2.17. The molecule has 2 aromatic rings. The third-order valence-corrected chi connectivity index (χ3v) is 3.03. The fourth-order valence-electron chi connectivity index (χ4n) is 2.03. The van der Waals surface area contributed by atoms with Crippen molar-refractivity contribution >= 4 is 17.7 Å². The molecule has 0 spiro atoms. The maximum atomic E-state index is 12.0. The fourth-order valence-corrected chi connectivity index (χ4v) is 2.03. The minimum absolute atomic E-state index is 0.187. The zero-order valence-electron chi connectivity index (χ0n) is 13.4. The number of hydrogen-bond donors (Lipinski definition) is 1. The van der Waals surface area contributed by atoms with Gasteiger partial charge in [0.25, 0.3) is 0 Å². The van der Waals surface area contributed by atoms with Gasteiger partial charge in [-0.25, -0.2) is 0 Å². The molecule has 1 amide bonds. The zero-order chi connectivity index (χ0) is 16.5. The summed E-state index contributed by atoms with van der Waals surface area (Å²) in [5, 5.41) is 2.81. The lowest BCUT2D eigenvalue weighted by atomic mass is 10.2. The standard InChI is InChI=1S/C19H21NO3/c1-3-22-17-11-8-15(9-12-17)10-13-19(21)20-16-6-5-7-18(14-16)23-4-2/h5-14H,3-4H2,1-2H3,(H,20,21)/b13-10+. The second-order valence-corrected chi connectivity index (χ2v) is 4.79. The molecule has 0 aliphatic heterocycles. The third kappa shape index (κ3) is 5.51. The van der Waals surface area contributed by atoms with Gasteiger partial charge in [0.2, 0.25) is 5.91 Å². The number of carbonyl (C=O) groups is 1. The van der Waals surface area contributed by atoms with Crippen molar-refractivity contribution in [2.75, 3.05) is 18.5 Å². The van der Waals surface area contributed by atoms with Gasteiger partial charge in [0.05, 0.1) is 13.2 Å². The van der Waals surface area contributed by atoms with Crippen LogP contribution in [0.1, 0.15) is 19.4 Å². The van der Waals surface area contributed by atoms with Crippen LogP contribution >= 0.6 is 0 Å². The predicted molar refractivity (Wildman–Crippen MR) is 92.9 cm³/mol. The van der Waals surface area contributed by atoms with Crippen molar-refractivity contribution in [2.45, 2.75) is 13.8 Å². The van der Waals surface area contributed by atoms with Gasteiger partial charge in [-0.05, 0) is 49.8 Å². The van der Waals surface area contributed by atoms with Crippen molar-refractivity contribution in [3.63, 3.8) is 0 Å². The van der Waals surface area contributed by atoms with Crippen LogP contribution in [0, 0.1) is 0 Å². The molecule has 2 aromatic carbocycles. The van der Waals surface area contributed by atoms with Gasteiger partial charge >= 0.3 is 0 Å². The van der Waals surface area contributed by atoms with Crippen LogP contribution in [0.5, 0.6) is 11.5 Å². The van der Waals surface area contributed by atoms with Crippen molar-refractivity contribution in [3.8, 4) is 11.5 Å². The van der Waals surface area contributed by atoms with Crippen LogP contribution in [-0.4, -0.2) is 19.1 Å². The molecule has 0 fully saturated rings. The summed E-state index contributed by atoms with van der Waals surface area (Å²) in [5.41, 5.74) is 1.64. The number of ether oxygens (including phenoxy) is 2. The Kier molecular flexibility index (Phi) is 6.24. The van der Waals surface area contributed by atoms with Crippen LogP contribution in [0.2, 0.25) is 0 Å². The highest BCUT2D eigenvalue weighted by atomic mass is 16.5. The van der Waals surface area contributed by atoms with Crippen molar-refractivity contribution in [1.82, 2.24) is 0 Å². The summed E-state index contributed by atoms with van der Waals surface area (Å²) in [5.74, 6) is 1.37. The molecule has 0 unspecified atom stereocenters. The summed E-state index contributed by atoms with van der Waals surface area (Å²) in [7, 11) is 0. The van der Waals surface area contributed by atoms with Gasteiger partial charge in [0.1, 0.15) is 11.5 Å². The first kappa shape index (κ1) is 16.6. The molecule has 0 aliphatic carbocycles. The topological polar surface area (TPSA) is 47.6 Å². The number of benzene rings is 2. The van der Waals surface area contributed by atoms with E-state index in [0.717, 1.165) is 17.1 Å². The number of nitrogens with one attached hydrogen (secondary N) is 1. The average molecular weight is 311 g/mol. The molecule has 0 radical (unpaired) electrons. The molecule has 4 heteroatoms. The van der Waals surface area contributed by atoms with Crippen LogP contribution in [0.25, 0.3) is 6.08 Å². The Labute approximate surface area is 136 Å². The monoisotopic (exact) mass is 311 g/mol. The Morgan fingerprint density at radius 3 is 2.39 bits per heavy atom. The number of anilines is 1. The molecular weight excluding hydrogens is 290 g/mol. The molecule has 1 N–H and O–H groups in total. The Balaban J connectivity index is 1.94. The minimum atomic E-state index is -0.187. The summed E-state index contributed by atoms with van der Waals surface area (Å²) < 4.78 is 10.8. The molecular formula is C19H21NO3. The van der Waals surface area contributed by atoms with E-state index in [9.17, 15) is 4.79 Å². The van der Waals surface area contributed by atoms with Crippen LogP contribution < -0.4 is 14.8 Å². The Hall–Kier alpha value is -2.75. The molecule has 0 saturated carbocycles. The number of hydrogen-bond acceptors (Lipinski definition) is 3. The average Bonchev–Trinajstić information content (AvgIpc) is 2.55. The van der Waals surface area contributed by atoms with E-state index in [2.05, 4.69) is 5.32 Å². The van der Waals surface area contributed by atoms with E-state index in [4.69, 9.17) is 9.47 Å². The first-order chi connectivity index (χ1) is 11.2. The fraction of sp³-hybridized carbons (Fsp3) is 0.211. The van der Waals surface area contributed by atoms with Crippen LogP contribution in [0.4, 0.5) is 5.69 Å². The summed E-state index contributed by atoms with van der Waals surface area (Å²) in [6, 6.07) is 14.9. The van der Waals surface area contributed by atoms with E-state index in [0.29, 0.717) is 18.9 Å². The van der Waals surface area contributed by atoms with E-state index in [1.807, 2.05) is 56.3 Å². The smallest absolute Gasteiger partial charge is 0.248 e. The molecule has 120 valence electrons. The van der Waals surface area contributed by atoms with Gasteiger partial charge in [0, 0.05) is 17.8 Å². The first-order valence-corrected chi connectivity index (χ1v) is 7.66. The maximum Gasteiger partial charge on any atom is 0.248 e. The number of rotatable bonds is 7. The van der Waals surface area contributed by atoms with E-state index in [1.54, 1.807) is 12.1 Å². The van der Waals surface area contributed by atoms with E-state index >= 15 is 0 Å². The maximum absolute atomic E-state index is 12.0. The van der Waals surface area contributed by atoms with Gasteiger partial charge in [-0.2, -0.15) is 0 Å². The third-order valence-electron chi connectivity index (χ3n) is 3.03. The van der Waals surface area contributed by atoms with Crippen molar-refractivity contribution in [1.29, 1.82) is 0 Å². The molecule has 2 rings (SSSR count). The Morgan fingerprint density at radius 2 is 1.70 bits per heavy atom. The normalized spacial score (nSPS) is 10.5. The van der Waals surface area contributed by atoms with Crippen LogP contribution in [0.3, 0.4) is 0 Å². The molecule has 0 saturated heterocycles. The van der Waals surface area contributed by atoms with Crippen LogP contribution in [0.15, 0.2) is 54.6 Å². The molecule has 0 heterocycles. The predicted octanol–water partition coefficient (Wildman–Crippen LogP) is 4.14. The van der Waals surface area contributed by atoms with Gasteiger partial charge in [-0.3, -0.25) is 4.79 Å². The second kappa shape index (κ2) is 8.63. The molecule has 23 heavy (non-hydrogen) atoms. The lowest BCUT2D eigenvalue weighted by Gasteiger charge is -2.06. The summed E-state index contributed by atoms with van der Waals surface area (Å²) >= 11 is 0. The van der Waals surface area contributed by atoms with Crippen LogP contribution in [-0.2, 0) is 4.79 Å². The van der Waals surface area contributed by atoms with Gasteiger partial charge in [-0.15, -0.1) is 0 Å². The molecule has 4 nitrogen and oxygen atoms in total. The minimum Gasteiger partial charge on any atom is -0.494 e. The molecule has 0 atom stereocenters. The SMILES string of the molecule is CCOc1ccc(/C=C/C(=O)Nc2cccc(OCC)c2)cc1. The lowest BCUT2D eigenvalue weighted by molar-refractivity contribution is -0.111. The Morgan fingerprint density at radius 1 is 1.00 bits per heavy atom. The van der Waals surface area contributed by atoms with Crippen molar-refractivity contribution in [2.24, 2.45) is 0 Å². The van der Waals surface area contributed by atoms with Gasteiger partial charge in [-0.1, -0.05) is 18.2 Å². The zero-order valence-corrected chi connectivity index (χ0v) is 13.4. The van der Waals surface area contributed by atoms with Gasteiger partial charge in [0.15, 0.2) is 0 Å². The highest BCUT2D eigenvalue weighted by Gasteiger charge is 2.00. The molecule has 0 bridgehead atoms. The van der Waals surface area contributed by atoms with E-state index in [-0.39, 0.29) is 5.91 Å². The Bertz CT molecular complexity index is 663. The first-order valence-electron chi connectivity index (χ1n) is 7.66. The number of carbonyl (C=O) groups excluding carboxylic acids is 1.